The van der Waals surface area contributed by atoms with Crippen molar-refractivity contribution in [2.45, 2.75) is 84.7 Å². The second-order valence-electron chi connectivity index (χ2n) is 12.5. The third kappa shape index (κ3) is 3.79. The topological polar surface area (TPSA) is 89.9 Å². The molecule has 0 amide bonds. The van der Waals surface area contributed by atoms with Crippen LogP contribution in [-0.2, 0) is 23.5 Å². The normalized spacial score (nSPS) is 43.5. The molecule has 4 aliphatic carbocycles. The van der Waals surface area contributed by atoms with Gasteiger partial charge in [-0.25, -0.2) is 0 Å². The maximum Gasteiger partial charge on any atom is 0.303 e. The zero-order valence-electron chi connectivity index (χ0n) is 21.6. The van der Waals surface area contributed by atoms with Crippen molar-refractivity contribution in [3.63, 3.8) is 0 Å². The van der Waals surface area contributed by atoms with Gasteiger partial charge < -0.3 is 14.3 Å². The van der Waals surface area contributed by atoms with Gasteiger partial charge in [-0.3, -0.25) is 14.4 Å². The number of hydrogen-bond donors (Lipinski definition) is 1. The lowest BCUT2D eigenvalue weighted by Gasteiger charge is -2.61. The fourth-order valence-electron chi connectivity index (χ4n) is 8.06. The molecule has 2 unspecified atom stereocenters. The summed E-state index contributed by atoms with van der Waals surface area (Å²) in [6.45, 7) is 13.6. The minimum absolute atomic E-state index is 0.0502. The van der Waals surface area contributed by atoms with Gasteiger partial charge in [-0.05, 0) is 81.1 Å². The van der Waals surface area contributed by atoms with E-state index >= 15 is 0 Å². The standard InChI is InChI=1S/C27H40O6Si/c1-16-12-21-20-9-8-18-13-19(29)10-11-25(18,3)24(20)22(33-34(5,6)7)14-26(21,4)27(16,31)23(30)15-32-17(2)28/h10-11,13,16,20-22,24,31H,8-9,12,14-15H2,1-7H3/t16?,20-,21-,22?,24+,25-,26-,27-/m0/s1. The van der Waals surface area contributed by atoms with E-state index in [2.05, 4.69) is 39.6 Å². The van der Waals surface area contributed by atoms with Crippen LogP contribution in [0.15, 0.2) is 23.8 Å². The summed E-state index contributed by atoms with van der Waals surface area (Å²) < 4.78 is 11.9. The summed E-state index contributed by atoms with van der Waals surface area (Å²) in [6.07, 6.45) is 8.53. The van der Waals surface area contributed by atoms with Gasteiger partial charge in [0.25, 0.3) is 0 Å². The maximum atomic E-state index is 13.4. The van der Waals surface area contributed by atoms with Gasteiger partial charge in [0.2, 0.25) is 5.78 Å². The minimum Gasteiger partial charge on any atom is -0.458 e. The van der Waals surface area contributed by atoms with Gasteiger partial charge in [0.15, 0.2) is 20.7 Å². The van der Waals surface area contributed by atoms with Gasteiger partial charge in [0, 0.05) is 23.9 Å². The summed E-state index contributed by atoms with van der Waals surface area (Å²) in [5.74, 6) is -0.538. The first kappa shape index (κ1) is 25.5. The number of esters is 1. The first-order valence-corrected chi connectivity index (χ1v) is 16.1. The van der Waals surface area contributed by atoms with Gasteiger partial charge in [0.05, 0.1) is 0 Å². The van der Waals surface area contributed by atoms with Crippen molar-refractivity contribution >= 4 is 25.9 Å². The second kappa shape index (κ2) is 8.24. The van der Waals surface area contributed by atoms with Crippen LogP contribution in [0.25, 0.3) is 0 Å². The van der Waals surface area contributed by atoms with E-state index in [0.29, 0.717) is 6.42 Å². The van der Waals surface area contributed by atoms with Crippen LogP contribution < -0.4 is 0 Å². The fraction of sp³-hybridized carbons (Fsp3) is 0.741. The van der Waals surface area contributed by atoms with Crippen LogP contribution in [0.4, 0.5) is 0 Å². The van der Waals surface area contributed by atoms with Gasteiger partial charge in [-0.1, -0.05) is 32.4 Å². The average molecular weight is 489 g/mol. The molecule has 34 heavy (non-hydrogen) atoms. The summed E-state index contributed by atoms with van der Waals surface area (Å²) in [4.78, 5) is 37.0. The van der Waals surface area contributed by atoms with Crippen LogP contribution in [-0.4, -0.2) is 49.3 Å². The van der Waals surface area contributed by atoms with Crippen LogP contribution in [0.5, 0.6) is 0 Å². The first-order valence-electron chi connectivity index (χ1n) is 12.6. The first-order chi connectivity index (χ1) is 15.6. The molecule has 6 nitrogen and oxygen atoms in total. The molecule has 3 saturated carbocycles. The highest BCUT2D eigenvalue weighted by Crippen LogP contribution is 2.68. The molecule has 1 N–H and O–H groups in total. The number of fused-ring (bicyclic) bond motifs is 5. The predicted molar refractivity (Wildman–Crippen MR) is 131 cm³/mol. The number of allylic oxidation sites excluding steroid dienone is 4. The molecule has 0 spiro atoms. The Bertz CT molecular complexity index is 963. The largest absolute Gasteiger partial charge is 0.458 e. The quantitative estimate of drug-likeness (QED) is 0.460. The minimum atomic E-state index is -1.97. The molecule has 0 heterocycles. The van der Waals surface area contributed by atoms with Gasteiger partial charge in [-0.2, -0.15) is 0 Å². The van der Waals surface area contributed by atoms with E-state index in [9.17, 15) is 19.5 Å². The van der Waals surface area contributed by atoms with Crippen molar-refractivity contribution in [3.8, 4) is 0 Å². The smallest absolute Gasteiger partial charge is 0.303 e. The summed E-state index contributed by atoms with van der Waals surface area (Å²) >= 11 is 0. The Morgan fingerprint density at radius 3 is 2.53 bits per heavy atom. The highest BCUT2D eigenvalue weighted by atomic mass is 28.4. The number of carbonyl (C=O) groups excluding carboxylic acids is 3. The Balaban J connectivity index is 1.79. The van der Waals surface area contributed by atoms with Crippen molar-refractivity contribution in [1.82, 2.24) is 0 Å². The van der Waals surface area contributed by atoms with Crippen LogP contribution >= 0.6 is 0 Å². The molecule has 0 radical (unpaired) electrons. The van der Waals surface area contributed by atoms with E-state index in [0.717, 1.165) is 19.3 Å². The highest BCUT2D eigenvalue weighted by Gasteiger charge is 2.71. The van der Waals surface area contributed by atoms with E-state index in [1.165, 1.54) is 12.5 Å². The molecule has 8 atom stereocenters. The zero-order valence-corrected chi connectivity index (χ0v) is 22.6. The Morgan fingerprint density at radius 2 is 1.91 bits per heavy atom. The number of hydrogen-bond acceptors (Lipinski definition) is 6. The molecular formula is C27H40O6Si. The Hall–Kier alpha value is -1.57. The van der Waals surface area contributed by atoms with E-state index in [-0.39, 0.29) is 41.0 Å². The molecule has 4 aliphatic rings. The Morgan fingerprint density at radius 1 is 1.24 bits per heavy atom. The third-order valence-corrected chi connectivity index (χ3v) is 10.4. The van der Waals surface area contributed by atoms with E-state index in [4.69, 9.17) is 9.16 Å². The maximum absolute atomic E-state index is 13.4. The monoisotopic (exact) mass is 488 g/mol. The predicted octanol–water partition coefficient (Wildman–Crippen LogP) is 4.23. The molecule has 0 aliphatic heterocycles. The number of ketones is 2. The highest BCUT2D eigenvalue weighted by molar-refractivity contribution is 6.69. The van der Waals surface area contributed by atoms with Crippen LogP contribution in [0, 0.1) is 34.5 Å². The molecule has 0 aromatic carbocycles. The van der Waals surface area contributed by atoms with Crippen molar-refractivity contribution in [2.75, 3.05) is 6.61 Å². The zero-order chi connectivity index (χ0) is 25.3. The average Bonchev–Trinajstić information content (AvgIpc) is 2.92. The summed E-state index contributed by atoms with van der Waals surface area (Å²) in [7, 11) is -1.97. The van der Waals surface area contributed by atoms with Crippen LogP contribution in [0.3, 0.4) is 0 Å². The summed E-state index contributed by atoms with van der Waals surface area (Å²) in [5.41, 5.74) is -1.34. The number of ether oxygens (including phenoxy) is 1. The molecule has 0 aromatic rings. The Labute approximate surface area is 204 Å². The van der Waals surface area contributed by atoms with Crippen molar-refractivity contribution < 1.29 is 28.7 Å². The second-order valence-corrected chi connectivity index (χ2v) is 17.0. The van der Waals surface area contributed by atoms with Gasteiger partial charge in [-0.15, -0.1) is 0 Å². The number of aliphatic hydroxyl groups is 1. The van der Waals surface area contributed by atoms with Gasteiger partial charge in [0.1, 0.15) is 5.60 Å². The number of Topliss-reactive ketones (excluding diaryl/α,β-unsaturated/α-hetero) is 1. The van der Waals surface area contributed by atoms with E-state index in [1.807, 2.05) is 13.0 Å². The lowest BCUT2D eigenvalue weighted by Crippen LogP contribution is -2.64. The van der Waals surface area contributed by atoms with Crippen LogP contribution in [0.1, 0.15) is 53.4 Å². The summed E-state index contributed by atoms with van der Waals surface area (Å²) in [5, 5.41) is 12.1. The van der Waals surface area contributed by atoms with Crippen molar-refractivity contribution in [1.29, 1.82) is 0 Å². The van der Waals surface area contributed by atoms with Crippen LogP contribution in [0.2, 0.25) is 19.6 Å². The lowest BCUT2D eigenvalue weighted by molar-refractivity contribution is -0.184. The molecule has 0 aromatic heterocycles. The molecule has 3 fully saturated rings. The molecule has 4 rings (SSSR count). The molecule has 0 saturated heterocycles. The van der Waals surface area contributed by atoms with Gasteiger partial charge >= 0.3 is 5.97 Å². The third-order valence-electron chi connectivity index (χ3n) is 9.39. The lowest BCUT2D eigenvalue weighted by atomic mass is 9.46. The van der Waals surface area contributed by atoms with Crippen molar-refractivity contribution in [3.05, 3.63) is 23.8 Å². The van der Waals surface area contributed by atoms with E-state index in [1.54, 1.807) is 6.08 Å². The number of carbonyl (C=O) groups is 3. The summed E-state index contributed by atoms with van der Waals surface area (Å²) in [6, 6.07) is 0. The molecule has 7 heteroatoms. The van der Waals surface area contributed by atoms with E-state index < -0.39 is 37.7 Å². The SMILES string of the molecule is CC(=O)OCC(=O)[C@@]1(O)C(C)C[C@H]2[C@@H]3CCC4=CC(=O)C=C[C@]4(C)[C@H]3C(O[Si](C)(C)C)C[C@@]21C. The fourth-order valence-corrected chi connectivity index (χ4v) is 9.20. The Kier molecular flexibility index (Phi) is 6.18. The molecule has 188 valence electrons. The van der Waals surface area contributed by atoms with Crippen molar-refractivity contribution in [2.24, 2.45) is 34.5 Å². The molecule has 0 bridgehead atoms. The number of rotatable bonds is 5. The molecular weight excluding hydrogens is 448 g/mol.